The normalized spacial score (nSPS) is 23.6. The Morgan fingerprint density at radius 1 is 1.32 bits per heavy atom. The van der Waals surface area contributed by atoms with Gasteiger partial charge in [0.05, 0.1) is 11.6 Å². The van der Waals surface area contributed by atoms with Gasteiger partial charge < -0.3 is 5.11 Å². The number of hydrogen-bond acceptors (Lipinski definition) is 2. The summed E-state index contributed by atoms with van der Waals surface area (Å²) in [5.41, 5.74) is -0.974. The van der Waals surface area contributed by atoms with E-state index in [0.717, 1.165) is 18.9 Å². The zero-order valence-corrected chi connectivity index (χ0v) is 10.3. The van der Waals surface area contributed by atoms with E-state index in [1.165, 1.54) is 6.07 Å². The number of rotatable bonds is 1. The second-order valence-electron chi connectivity index (χ2n) is 5.27. The van der Waals surface area contributed by atoms with E-state index in [2.05, 4.69) is 12.0 Å². The molecule has 19 heavy (non-hydrogen) atoms. The predicted molar refractivity (Wildman–Crippen MR) is 63.8 cm³/mol. The lowest BCUT2D eigenvalue weighted by molar-refractivity contribution is -0.136. The Balaban J connectivity index is 2.11. The fourth-order valence-corrected chi connectivity index (χ4v) is 2.62. The SMILES string of the molecule is CC1CC(n2cc3cc(O)cc(C(F)(F)F)c3n2)C1. The molecule has 0 spiro atoms. The van der Waals surface area contributed by atoms with Crippen LogP contribution in [0.5, 0.6) is 5.75 Å². The Labute approximate surface area is 107 Å². The summed E-state index contributed by atoms with van der Waals surface area (Å²) in [6, 6.07) is 2.21. The van der Waals surface area contributed by atoms with Crippen molar-refractivity contribution in [1.29, 1.82) is 0 Å². The first-order valence-corrected chi connectivity index (χ1v) is 6.13. The summed E-state index contributed by atoms with van der Waals surface area (Å²) in [6.07, 6.45) is -1.06. The van der Waals surface area contributed by atoms with Crippen LogP contribution in [-0.2, 0) is 6.18 Å². The first kappa shape index (κ1) is 12.3. The molecule has 1 aromatic heterocycles. The van der Waals surface area contributed by atoms with Crippen LogP contribution in [0.2, 0.25) is 0 Å². The fraction of sp³-hybridized carbons (Fsp3) is 0.462. The number of alkyl halides is 3. The van der Waals surface area contributed by atoms with Crippen molar-refractivity contribution < 1.29 is 18.3 Å². The van der Waals surface area contributed by atoms with Gasteiger partial charge in [0.1, 0.15) is 11.3 Å². The summed E-state index contributed by atoms with van der Waals surface area (Å²) < 4.78 is 40.3. The van der Waals surface area contributed by atoms with Crippen LogP contribution < -0.4 is 0 Å². The number of fused-ring (bicyclic) bond motifs is 1. The van der Waals surface area contributed by atoms with Gasteiger partial charge in [0, 0.05) is 11.6 Å². The number of aromatic hydroxyl groups is 1. The van der Waals surface area contributed by atoms with Crippen LogP contribution in [0.15, 0.2) is 18.3 Å². The minimum absolute atomic E-state index is 0.0927. The van der Waals surface area contributed by atoms with Gasteiger partial charge in [0.2, 0.25) is 0 Å². The molecule has 1 saturated carbocycles. The molecule has 0 bridgehead atoms. The first-order chi connectivity index (χ1) is 8.84. The summed E-state index contributed by atoms with van der Waals surface area (Å²) >= 11 is 0. The number of phenols is 1. The number of benzene rings is 1. The maximum absolute atomic E-state index is 12.9. The molecule has 3 nitrogen and oxygen atoms in total. The average Bonchev–Trinajstić information content (AvgIpc) is 2.65. The second-order valence-corrected chi connectivity index (χ2v) is 5.27. The molecule has 2 aromatic rings. The van der Waals surface area contributed by atoms with E-state index in [4.69, 9.17) is 0 Å². The highest BCUT2D eigenvalue weighted by Crippen LogP contribution is 2.40. The van der Waals surface area contributed by atoms with Crippen molar-refractivity contribution in [2.24, 2.45) is 5.92 Å². The third-order valence-electron chi connectivity index (χ3n) is 3.64. The summed E-state index contributed by atoms with van der Waals surface area (Å²) in [6.45, 7) is 2.10. The zero-order chi connectivity index (χ0) is 13.8. The highest BCUT2D eigenvalue weighted by Gasteiger charge is 2.35. The number of aromatic nitrogens is 2. The van der Waals surface area contributed by atoms with Crippen molar-refractivity contribution in [2.45, 2.75) is 32.0 Å². The van der Waals surface area contributed by atoms with Gasteiger partial charge in [0.15, 0.2) is 0 Å². The van der Waals surface area contributed by atoms with E-state index in [9.17, 15) is 18.3 Å². The Morgan fingerprint density at radius 2 is 2.00 bits per heavy atom. The Kier molecular flexibility index (Phi) is 2.52. The summed E-state index contributed by atoms with van der Waals surface area (Å²) in [7, 11) is 0. The lowest BCUT2D eigenvalue weighted by Crippen LogP contribution is -2.24. The highest BCUT2D eigenvalue weighted by molar-refractivity contribution is 5.83. The van der Waals surface area contributed by atoms with Crippen molar-refractivity contribution in [3.05, 3.63) is 23.9 Å². The van der Waals surface area contributed by atoms with E-state index in [1.807, 2.05) is 0 Å². The van der Waals surface area contributed by atoms with Crippen LogP contribution >= 0.6 is 0 Å². The smallest absolute Gasteiger partial charge is 0.418 e. The van der Waals surface area contributed by atoms with Gasteiger partial charge in [-0.15, -0.1) is 0 Å². The maximum atomic E-state index is 12.9. The lowest BCUT2D eigenvalue weighted by atomic mass is 9.82. The molecular weight excluding hydrogens is 257 g/mol. The topological polar surface area (TPSA) is 38.0 Å². The first-order valence-electron chi connectivity index (χ1n) is 6.13. The summed E-state index contributed by atoms with van der Waals surface area (Å²) in [5, 5.41) is 13.8. The lowest BCUT2D eigenvalue weighted by Gasteiger charge is -2.32. The van der Waals surface area contributed by atoms with Gasteiger partial charge in [-0.3, -0.25) is 4.68 Å². The van der Waals surface area contributed by atoms with Crippen LogP contribution in [0.4, 0.5) is 13.2 Å². The second kappa shape index (κ2) is 3.88. The zero-order valence-electron chi connectivity index (χ0n) is 10.3. The molecule has 1 aliphatic rings. The van der Waals surface area contributed by atoms with E-state index in [-0.39, 0.29) is 17.3 Å². The summed E-state index contributed by atoms with van der Waals surface area (Å²) in [5.74, 6) is 0.203. The molecule has 0 saturated heterocycles. The Morgan fingerprint density at radius 3 is 2.58 bits per heavy atom. The molecule has 3 rings (SSSR count). The van der Waals surface area contributed by atoms with Gasteiger partial charge in [0.25, 0.3) is 0 Å². The largest absolute Gasteiger partial charge is 0.508 e. The molecule has 0 amide bonds. The average molecular weight is 270 g/mol. The molecule has 0 radical (unpaired) electrons. The highest BCUT2D eigenvalue weighted by atomic mass is 19.4. The van der Waals surface area contributed by atoms with Gasteiger partial charge in [-0.05, 0) is 30.9 Å². The van der Waals surface area contributed by atoms with E-state index >= 15 is 0 Å². The van der Waals surface area contributed by atoms with Crippen molar-refractivity contribution in [3.8, 4) is 5.75 Å². The van der Waals surface area contributed by atoms with Gasteiger partial charge >= 0.3 is 6.18 Å². The third-order valence-corrected chi connectivity index (χ3v) is 3.64. The summed E-state index contributed by atoms with van der Waals surface area (Å²) in [4.78, 5) is 0. The van der Waals surface area contributed by atoms with Crippen LogP contribution in [0.25, 0.3) is 10.9 Å². The van der Waals surface area contributed by atoms with Gasteiger partial charge in [-0.1, -0.05) is 6.92 Å². The molecule has 6 heteroatoms. The maximum Gasteiger partial charge on any atom is 0.418 e. The number of hydrogen-bond donors (Lipinski definition) is 1. The van der Waals surface area contributed by atoms with Crippen LogP contribution in [-0.4, -0.2) is 14.9 Å². The van der Waals surface area contributed by atoms with Crippen molar-refractivity contribution in [2.75, 3.05) is 0 Å². The van der Waals surface area contributed by atoms with E-state index in [1.54, 1.807) is 10.9 Å². The number of nitrogens with zero attached hydrogens (tertiary/aromatic N) is 2. The van der Waals surface area contributed by atoms with Gasteiger partial charge in [-0.25, -0.2) is 0 Å². The molecule has 1 N–H and O–H groups in total. The van der Waals surface area contributed by atoms with Crippen LogP contribution in [0, 0.1) is 5.92 Å². The minimum atomic E-state index is -4.51. The number of phenolic OH excluding ortho intramolecular Hbond substituents is 1. The van der Waals surface area contributed by atoms with E-state index in [0.29, 0.717) is 11.3 Å². The van der Waals surface area contributed by atoms with Crippen molar-refractivity contribution in [1.82, 2.24) is 9.78 Å². The molecule has 102 valence electrons. The number of halogens is 3. The molecule has 1 aliphatic carbocycles. The molecule has 1 aromatic carbocycles. The molecule has 1 fully saturated rings. The molecule has 0 atom stereocenters. The molecule has 1 heterocycles. The van der Waals surface area contributed by atoms with Gasteiger partial charge in [-0.2, -0.15) is 18.3 Å². The van der Waals surface area contributed by atoms with Crippen molar-refractivity contribution >= 4 is 10.9 Å². The predicted octanol–water partition coefficient (Wildman–Crippen LogP) is 3.73. The molecule has 0 aliphatic heterocycles. The minimum Gasteiger partial charge on any atom is -0.508 e. The van der Waals surface area contributed by atoms with E-state index < -0.39 is 11.7 Å². The Hall–Kier alpha value is -1.72. The monoisotopic (exact) mass is 270 g/mol. The van der Waals surface area contributed by atoms with Crippen LogP contribution in [0.1, 0.15) is 31.4 Å². The fourth-order valence-electron chi connectivity index (χ4n) is 2.62. The van der Waals surface area contributed by atoms with Crippen LogP contribution in [0.3, 0.4) is 0 Å². The molecule has 0 unspecified atom stereocenters. The standard InChI is InChI=1S/C13H13F3N2O/c1-7-2-9(3-7)18-6-8-4-10(19)5-11(12(8)17-18)13(14,15)16/h4-7,9,19H,2-3H2,1H3. The Bertz CT molecular complexity index is 627. The quantitative estimate of drug-likeness (QED) is 0.857. The van der Waals surface area contributed by atoms with Crippen molar-refractivity contribution in [3.63, 3.8) is 0 Å². The molecular formula is C13H13F3N2O. The third kappa shape index (κ3) is 2.05.